The molecule has 0 saturated carbocycles. The molecule has 1 heterocycles. The van der Waals surface area contributed by atoms with Gasteiger partial charge in [-0.15, -0.1) is 0 Å². The minimum atomic E-state index is -3.95. The lowest BCUT2D eigenvalue weighted by Gasteiger charge is -2.07. The van der Waals surface area contributed by atoms with Crippen LogP contribution in [-0.4, -0.2) is 20.2 Å². The number of hydrogen-bond acceptors (Lipinski definition) is 5. The van der Waals surface area contributed by atoms with Crippen molar-refractivity contribution in [3.05, 3.63) is 70.4 Å². The van der Waals surface area contributed by atoms with Crippen LogP contribution in [0.1, 0.15) is 17.5 Å². The second kappa shape index (κ2) is 8.28. The average molecular weight is 453 g/mol. The van der Waals surface area contributed by atoms with Gasteiger partial charge < -0.3 is 9.73 Å². The van der Waals surface area contributed by atoms with Gasteiger partial charge in [0.05, 0.1) is 14.9 Å². The van der Waals surface area contributed by atoms with Gasteiger partial charge in [0, 0.05) is 18.2 Å². The monoisotopic (exact) mass is 452 g/mol. The molecular weight excluding hydrogens is 439 g/mol. The summed E-state index contributed by atoms with van der Waals surface area (Å²) >= 11 is 12.2. The van der Waals surface area contributed by atoms with E-state index in [2.05, 4.69) is 5.32 Å². The van der Waals surface area contributed by atoms with Gasteiger partial charge in [0.2, 0.25) is 5.91 Å². The molecular formula is C19H14Cl2N2O5S. The fourth-order valence-electron chi connectivity index (χ4n) is 2.46. The molecule has 0 aliphatic rings. The number of carbonyl (C=O) groups excluding carboxylic acids is 2. The molecule has 150 valence electrons. The Kier molecular flexibility index (Phi) is 5.97. The summed E-state index contributed by atoms with van der Waals surface area (Å²) < 4.78 is 31.3. The predicted octanol–water partition coefficient (Wildman–Crippen LogP) is 4.33. The van der Waals surface area contributed by atoms with Crippen LogP contribution in [0.2, 0.25) is 10.0 Å². The maximum Gasteiger partial charge on any atom is 0.291 e. The lowest BCUT2D eigenvalue weighted by Crippen LogP contribution is -2.28. The van der Waals surface area contributed by atoms with E-state index in [1.54, 1.807) is 24.3 Å². The molecule has 0 saturated heterocycles. The summed E-state index contributed by atoms with van der Waals surface area (Å²) in [6, 6.07) is 13.5. The van der Waals surface area contributed by atoms with Gasteiger partial charge in [-0.05, 0) is 48.5 Å². The Morgan fingerprint density at radius 3 is 2.31 bits per heavy atom. The van der Waals surface area contributed by atoms with Crippen molar-refractivity contribution >= 4 is 50.7 Å². The molecule has 3 aromatic rings. The molecule has 0 bridgehead atoms. The van der Waals surface area contributed by atoms with Gasteiger partial charge in [-0.3, -0.25) is 9.59 Å². The van der Waals surface area contributed by atoms with E-state index in [1.807, 2.05) is 4.72 Å². The normalized spacial score (nSPS) is 11.1. The molecule has 0 aliphatic heterocycles. The Morgan fingerprint density at radius 1 is 0.966 bits per heavy atom. The van der Waals surface area contributed by atoms with Crippen molar-refractivity contribution in [3.63, 3.8) is 0 Å². The molecule has 3 rings (SSSR count). The van der Waals surface area contributed by atoms with Crippen molar-refractivity contribution in [1.29, 1.82) is 0 Å². The van der Waals surface area contributed by atoms with Crippen LogP contribution in [0.3, 0.4) is 0 Å². The highest BCUT2D eigenvalue weighted by Crippen LogP contribution is 2.34. The van der Waals surface area contributed by atoms with Gasteiger partial charge in [-0.1, -0.05) is 29.3 Å². The van der Waals surface area contributed by atoms with Crippen molar-refractivity contribution in [2.45, 2.75) is 11.8 Å². The third-order valence-electron chi connectivity index (χ3n) is 3.75. The highest BCUT2D eigenvalue weighted by Gasteiger charge is 2.17. The van der Waals surface area contributed by atoms with Crippen LogP contribution in [-0.2, 0) is 14.8 Å². The quantitative estimate of drug-likeness (QED) is 0.598. The number of amides is 2. The van der Waals surface area contributed by atoms with Crippen LogP contribution in [0, 0.1) is 0 Å². The third-order valence-corrected chi connectivity index (χ3v) is 6.02. The summed E-state index contributed by atoms with van der Waals surface area (Å²) in [6.07, 6.45) is 0. The lowest BCUT2D eigenvalue weighted by atomic mass is 10.2. The van der Waals surface area contributed by atoms with Crippen molar-refractivity contribution in [3.8, 4) is 11.3 Å². The van der Waals surface area contributed by atoms with Crippen LogP contribution in [0.4, 0.5) is 5.69 Å². The van der Waals surface area contributed by atoms with Gasteiger partial charge in [0.1, 0.15) is 5.76 Å². The zero-order valence-electron chi connectivity index (χ0n) is 14.9. The van der Waals surface area contributed by atoms with Gasteiger partial charge >= 0.3 is 0 Å². The minimum Gasteiger partial charge on any atom is -0.451 e. The molecule has 0 fully saturated rings. The number of carbonyl (C=O) groups is 2. The topological polar surface area (TPSA) is 105 Å². The second-order valence-corrected chi connectivity index (χ2v) is 8.37. The zero-order chi connectivity index (χ0) is 21.2. The summed E-state index contributed by atoms with van der Waals surface area (Å²) in [5.41, 5.74) is 0.890. The first-order valence-electron chi connectivity index (χ1n) is 8.16. The first kappa shape index (κ1) is 20.9. The lowest BCUT2D eigenvalue weighted by molar-refractivity contribution is -0.117. The molecule has 2 amide bonds. The number of sulfonamides is 1. The van der Waals surface area contributed by atoms with E-state index in [0.717, 1.165) is 6.92 Å². The van der Waals surface area contributed by atoms with E-state index in [-0.39, 0.29) is 10.7 Å². The van der Waals surface area contributed by atoms with Crippen LogP contribution < -0.4 is 10.0 Å². The Balaban J connectivity index is 1.75. The van der Waals surface area contributed by atoms with Crippen LogP contribution in [0.5, 0.6) is 0 Å². The summed E-state index contributed by atoms with van der Waals surface area (Å²) in [7, 11) is -3.95. The highest BCUT2D eigenvalue weighted by molar-refractivity contribution is 7.90. The number of furan rings is 1. The van der Waals surface area contributed by atoms with E-state index in [4.69, 9.17) is 27.6 Å². The Morgan fingerprint density at radius 2 is 1.66 bits per heavy atom. The van der Waals surface area contributed by atoms with E-state index in [0.29, 0.717) is 27.1 Å². The Bertz CT molecular complexity index is 1190. The van der Waals surface area contributed by atoms with Gasteiger partial charge in [-0.25, -0.2) is 13.1 Å². The molecule has 7 nitrogen and oxygen atoms in total. The van der Waals surface area contributed by atoms with Crippen LogP contribution >= 0.6 is 23.2 Å². The average Bonchev–Trinajstić information content (AvgIpc) is 3.13. The molecule has 0 spiro atoms. The number of hydrogen-bond donors (Lipinski definition) is 2. The Labute approximate surface area is 176 Å². The number of rotatable bonds is 5. The number of benzene rings is 2. The highest BCUT2D eigenvalue weighted by atomic mass is 35.5. The third kappa shape index (κ3) is 4.79. The van der Waals surface area contributed by atoms with E-state index >= 15 is 0 Å². The maximum atomic E-state index is 12.4. The van der Waals surface area contributed by atoms with Gasteiger partial charge in [-0.2, -0.15) is 0 Å². The van der Waals surface area contributed by atoms with Crippen LogP contribution in [0.15, 0.2) is 63.9 Å². The minimum absolute atomic E-state index is 0.0333. The fraction of sp³-hybridized carbons (Fsp3) is 0.0526. The molecule has 0 aliphatic carbocycles. The second-order valence-electron chi connectivity index (χ2n) is 5.91. The van der Waals surface area contributed by atoms with E-state index in [1.165, 1.54) is 30.3 Å². The molecule has 2 aromatic carbocycles. The fourth-order valence-corrected chi connectivity index (χ4v) is 3.84. The van der Waals surface area contributed by atoms with E-state index < -0.39 is 21.8 Å². The molecule has 0 atom stereocenters. The van der Waals surface area contributed by atoms with Gasteiger partial charge in [0.25, 0.3) is 15.9 Å². The molecule has 29 heavy (non-hydrogen) atoms. The van der Waals surface area contributed by atoms with Crippen molar-refractivity contribution in [2.75, 3.05) is 5.32 Å². The predicted molar refractivity (Wildman–Crippen MR) is 110 cm³/mol. The first-order valence-corrected chi connectivity index (χ1v) is 10.4. The number of nitrogens with one attached hydrogen (secondary N) is 2. The molecule has 0 unspecified atom stereocenters. The SMILES string of the molecule is CC(=O)NS(=O)(=O)c1ccc(NC(=O)c2ccc(-c3cccc(Cl)c3Cl)o2)cc1. The summed E-state index contributed by atoms with van der Waals surface area (Å²) in [6.45, 7) is 1.10. The molecule has 2 N–H and O–H groups in total. The molecule has 10 heteroatoms. The zero-order valence-corrected chi connectivity index (χ0v) is 17.2. The largest absolute Gasteiger partial charge is 0.451 e. The van der Waals surface area contributed by atoms with Crippen molar-refractivity contribution in [1.82, 2.24) is 4.72 Å². The smallest absolute Gasteiger partial charge is 0.291 e. The molecule has 0 radical (unpaired) electrons. The number of halogens is 2. The standard InChI is InChI=1S/C19H14Cl2N2O5S/c1-11(24)23-29(26,27)13-7-5-12(6-8-13)22-19(25)17-10-9-16(28-17)14-3-2-4-15(20)18(14)21/h2-10H,1H3,(H,22,25)(H,23,24). The Hall–Kier alpha value is -2.81. The number of anilines is 1. The van der Waals surface area contributed by atoms with Crippen molar-refractivity contribution < 1.29 is 22.4 Å². The summed E-state index contributed by atoms with van der Waals surface area (Å²) in [5.74, 6) is -0.826. The van der Waals surface area contributed by atoms with Gasteiger partial charge in [0.15, 0.2) is 5.76 Å². The van der Waals surface area contributed by atoms with E-state index in [9.17, 15) is 18.0 Å². The summed E-state index contributed by atoms with van der Waals surface area (Å²) in [4.78, 5) is 23.3. The molecule has 1 aromatic heterocycles. The summed E-state index contributed by atoms with van der Waals surface area (Å²) in [5, 5.41) is 3.27. The van der Waals surface area contributed by atoms with Crippen LogP contribution in [0.25, 0.3) is 11.3 Å². The maximum absolute atomic E-state index is 12.4. The van der Waals surface area contributed by atoms with Crippen molar-refractivity contribution in [2.24, 2.45) is 0 Å². The first-order chi connectivity index (χ1) is 13.7.